The maximum Gasteiger partial charge on any atom is 0.240 e. The first-order valence-corrected chi connectivity index (χ1v) is 11.3. The van der Waals surface area contributed by atoms with E-state index in [1.165, 1.54) is 0 Å². The summed E-state index contributed by atoms with van der Waals surface area (Å²) in [5.74, 6) is 1.44. The lowest BCUT2D eigenvalue weighted by Gasteiger charge is -2.38. The van der Waals surface area contributed by atoms with Crippen molar-refractivity contribution >= 4 is 10.0 Å². The minimum atomic E-state index is -3.58. The van der Waals surface area contributed by atoms with E-state index in [-0.39, 0.29) is 17.7 Å². The van der Waals surface area contributed by atoms with Crippen molar-refractivity contribution in [2.45, 2.75) is 17.9 Å². The van der Waals surface area contributed by atoms with Gasteiger partial charge in [0, 0.05) is 38.8 Å². The monoisotopic (exact) mass is 417 g/mol. The van der Waals surface area contributed by atoms with Gasteiger partial charge in [-0.3, -0.25) is 4.90 Å². The first kappa shape index (κ1) is 20.2. The maximum atomic E-state index is 12.8. The van der Waals surface area contributed by atoms with Crippen molar-refractivity contribution < 1.29 is 17.9 Å². The number of ether oxygens (including phenoxy) is 2. The second-order valence-electron chi connectivity index (χ2n) is 7.63. The van der Waals surface area contributed by atoms with Crippen molar-refractivity contribution in [1.29, 1.82) is 0 Å². The fraction of sp³-hybridized carbons (Fsp3) is 0.429. The first-order valence-electron chi connectivity index (χ1n) is 9.81. The van der Waals surface area contributed by atoms with Gasteiger partial charge in [0.15, 0.2) is 11.5 Å². The van der Waals surface area contributed by atoms with Crippen LogP contribution in [0.3, 0.4) is 0 Å². The smallest absolute Gasteiger partial charge is 0.240 e. The summed E-state index contributed by atoms with van der Waals surface area (Å²) < 4.78 is 39.4. The van der Waals surface area contributed by atoms with E-state index in [0.29, 0.717) is 12.3 Å². The Morgan fingerprint density at radius 1 is 1.00 bits per heavy atom. The Morgan fingerprint density at radius 2 is 1.69 bits per heavy atom. The number of rotatable bonds is 6. The van der Waals surface area contributed by atoms with Gasteiger partial charge in [-0.2, -0.15) is 0 Å². The molecule has 2 aromatic rings. The fourth-order valence-corrected chi connectivity index (χ4v) is 4.74. The standard InChI is InChI=1S/C21H27N3O4S/c1-16-3-6-18(7-4-16)29(25,26)22-14-19(24-11-9-23(2)10-12-24)17-5-8-20-21(13-17)28-15-27-20/h3-8,13,19,22H,9-12,14-15H2,1-2H3/t19-/m1/s1. The number of aryl methyl sites for hydroxylation is 1. The van der Waals surface area contributed by atoms with Crippen molar-refractivity contribution in [2.75, 3.05) is 46.6 Å². The number of fused-ring (bicyclic) bond motifs is 1. The molecule has 0 aromatic heterocycles. The van der Waals surface area contributed by atoms with E-state index in [2.05, 4.69) is 21.6 Å². The highest BCUT2D eigenvalue weighted by Crippen LogP contribution is 2.35. The van der Waals surface area contributed by atoms with E-state index in [0.717, 1.165) is 43.1 Å². The van der Waals surface area contributed by atoms with Gasteiger partial charge in [-0.25, -0.2) is 13.1 Å². The Balaban J connectivity index is 1.56. The number of piperazine rings is 1. The summed E-state index contributed by atoms with van der Waals surface area (Å²) in [4.78, 5) is 4.89. The van der Waals surface area contributed by atoms with Gasteiger partial charge in [-0.1, -0.05) is 23.8 Å². The number of likely N-dealkylation sites (N-methyl/N-ethyl adjacent to an activating group) is 1. The highest BCUT2D eigenvalue weighted by atomic mass is 32.2. The van der Waals surface area contributed by atoms with Crippen molar-refractivity contribution in [3.8, 4) is 11.5 Å². The van der Waals surface area contributed by atoms with Gasteiger partial charge in [-0.05, 0) is 43.8 Å². The van der Waals surface area contributed by atoms with Crippen LogP contribution in [0.15, 0.2) is 47.4 Å². The predicted molar refractivity (Wildman–Crippen MR) is 111 cm³/mol. The number of hydrogen-bond acceptors (Lipinski definition) is 6. The van der Waals surface area contributed by atoms with Gasteiger partial charge in [0.05, 0.1) is 4.90 Å². The summed E-state index contributed by atoms with van der Waals surface area (Å²) in [6.07, 6.45) is 0. The number of benzene rings is 2. The third kappa shape index (κ3) is 4.56. The zero-order valence-electron chi connectivity index (χ0n) is 16.8. The lowest BCUT2D eigenvalue weighted by atomic mass is 10.0. The molecule has 0 bridgehead atoms. The van der Waals surface area contributed by atoms with Crippen LogP contribution >= 0.6 is 0 Å². The summed E-state index contributed by atoms with van der Waals surface area (Å²) in [5, 5.41) is 0. The van der Waals surface area contributed by atoms with Gasteiger partial charge in [0.2, 0.25) is 16.8 Å². The van der Waals surface area contributed by atoms with Gasteiger partial charge in [0.25, 0.3) is 0 Å². The average molecular weight is 418 g/mol. The van der Waals surface area contributed by atoms with Gasteiger partial charge in [0.1, 0.15) is 0 Å². The largest absolute Gasteiger partial charge is 0.454 e. The quantitative estimate of drug-likeness (QED) is 0.775. The highest BCUT2D eigenvalue weighted by molar-refractivity contribution is 7.89. The molecule has 1 N–H and O–H groups in total. The molecule has 0 spiro atoms. The van der Waals surface area contributed by atoms with Crippen LogP contribution < -0.4 is 14.2 Å². The Labute approximate surface area is 172 Å². The molecule has 29 heavy (non-hydrogen) atoms. The number of nitrogens with one attached hydrogen (secondary N) is 1. The second kappa shape index (κ2) is 8.31. The Hall–Kier alpha value is -2.13. The third-order valence-electron chi connectivity index (χ3n) is 5.56. The molecular weight excluding hydrogens is 390 g/mol. The third-order valence-corrected chi connectivity index (χ3v) is 7.00. The zero-order valence-corrected chi connectivity index (χ0v) is 17.6. The molecule has 0 amide bonds. The summed E-state index contributed by atoms with van der Waals surface area (Å²) in [6.45, 7) is 6.10. The zero-order chi connectivity index (χ0) is 20.4. The molecule has 2 aliphatic heterocycles. The lowest BCUT2D eigenvalue weighted by Crippen LogP contribution is -2.48. The first-order chi connectivity index (χ1) is 13.9. The summed E-state index contributed by atoms with van der Waals surface area (Å²) in [6, 6.07) is 12.7. The van der Waals surface area contributed by atoms with Crippen LogP contribution in [0, 0.1) is 6.92 Å². The highest BCUT2D eigenvalue weighted by Gasteiger charge is 2.27. The van der Waals surface area contributed by atoms with Gasteiger partial charge < -0.3 is 14.4 Å². The molecule has 8 heteroatoms. The maximum absolute atomic E-state index is 12.8. The molecule has 0 aliphatic carbocycles. The Morgan fingerprint density at radius 3 is 2.41 bits per heavy atom. The normalized spacial score (nSPS) is 18.7. The molecule has 2 aliphatic rings. The van der Waals surface area contributed by atoms with Crippen LogP contribution in [0.2, 0.25) is 0 Å². The molecule has 1 fully saturated rings. The summed E-state index contributed by atoms with van der Waals surface area (Å²) in [7, 11) is -1.48. The van der Waals surface area contributed by atoms with Crippen molar-refractivity contribution in [3.05, 3.63) is 53.6 Å². The van der Waals surface area contributed by atoms with Crippen molar-refractivity contribution in [2.24, 2.45) is 0 Å². The van der Waals surface area contributed by atoms with Gasteiger partial charge in [-0.15, -0.1) is 0 Å². The topological polar surface area (TPSA) is 71.1 Å². The molecule has 0 saturated carbocycles. The molecule has 1 atom stereocenters. The number of hydrogen-bond donors (Lipinski definition) is 1. The molecule has 156 valence electrons. The van der Waals surface area contributed by atoms with E-state index >= 15 is 0 Å². The molecule has 7 nitrogen and oxygen atoms in total. The van der Waals surface area contributed by atoms with Crippen LogP contribution in [0.1, 0.15) is 17.2 Å². The minimum Gasteiger partial charge on any atom is -0.454 e. The second-order valence-corrected chi connectivity index (χ2v) is 9.40. The Kier molecular flexibility index (Phi) is 5.78. The molecule has 2 aromatic carbocycles. The minimum absolute atomic E-state index is 0.0848. The summed E-state index contributed by atoms with van der Waals surface area (Å²) >= 11 is 0. The SMILES string of the molecule is Cc1ccc(S(=O)(=O)NC[C@H](c2ccc3c(c2)OCO3)N2CCN(C)CC2)cc1. The number of sulfonamides is 1. The van der Waals surface area contributed by atoms with Crippen LogP contribution in [-0.2, 0) is 10.0 Å². The molecule has 1 saturated heterocycles. The van der Waals surface area contributed by atoms with E-state index < -0.39 is 10.0 Å². The Bertz CT molecular complexity index is 954. The molecule has 2 heterocycles. The van der Waals surface area contributed by atoms with Crippen LogP contribution in [0.4, 0.5) is 0 Å². The van der Waals surface area contributed by atoms with E-state index in [4.69, 9.17) is 9.47 Å². The van der Waals surface area contributed by atoms with Crippen molar-refractivity contribution in [3.63, 3.8) is 0 Å². The van der Waals surface area contributed by atoms with Crippen LogP contribution in [0.5, 0.6) is 11.5 Å². The van der Waals surface area contributed by atoms with Crippen LogP contribution in [-0.4, -0.2) is 64.8 Å². The van der Waals surface area contributed by atoms with Crippen LogP contribution in [0.25, 0.3) is 0 Å². The average Bonchev–Trinajstić information content (AvgIpc) is 3.18. The lowest BCUT2D eigenvalue weighted by molar-refractivity contribution is 0.112. The molecule has 0 radical (unpaired) electrons. The predicted octanol–water partition coefficient (Wildman–Crippen LogP) is 1.99. The molecule has 4 rings (SSSR count). The van der Waals surface area contributed by atoms with Crippen molar-refractivity contribution in [1.82, 2.24) is 14.5 Å². The van der Waals surface area contributed by atoms with Gasteiger partial charge >= 0.3 is 0 Å². The van der Waals surface area contributed by atoms with E-state index in [1.807, 2.05) is 37.3 Å². The molecule has 0 unspecified atom stereocenters. The van der Waals surface area contributed by atoms with E-state index in [9.17, 15) is 8.42 Å². The summed E-state index contributed by atoms with van der Waals surface area (Å²) in [5.41, 5.74) is 2.05. The molecular formula is C21H27N3O4S. The van der Waals surface area contributed by atoms with E-state index in [1.54, 1.807) is 12.1 Å². The number of nitrogens with zero attached hydrogens (tertiary/aromatic N) is 2. The fourth-order valence-electron chi connectivity index (χ4n) is 3.70.